The van der Waals surface area contributed by atoms with Crippen LogP contribution in [0.4, 0.5) is 0 Å². The molecule has 3 nitrogen and oxygen atoms in total. The first-order valence-corrected chi connectivity index (χ1v) is 3.40. The number of aromatic nitrogens is 1. The third-order valence-electron chi connectivity index (χ3n) is 1.12. The van der Waals surface area contributed by atoms with Crippen molar-refractivity contribution in [1.29, 1.82) is 0 Å². The number of hydrogen-bond donors (Lipinski definition) is 0. The van der Waals surface area contributed by atoms with Gasteiger partial charge in [-0.3, -0.25) is 4.98 Å². The van der Waals surface area contributed by atoms with Crippen LogP contribution in [0.3, 0.4) is 0 Å². The van der Waals surface area contributed by atoms with Crippen LogP contribution in [0, 0.1) is 0 Å². The van der Waals surface area contributed by atoms with Crippen molar-refractivity contribution in [3.05, 3.63) is 30.1 Å². The zero-order valence-corrected chi connectivity index (χ0v) is 6.73. The molecule has 0 N–H and O–H groups in total. The number of pyridine rings is 1. The van der Waals surface area contributed by atoms with E-state index in [1.165, 1.54) is 0 Å². The van der Waals surface area contributed by atoms with Gasteiger partial charge in [0.1, 0.15) is 0 Å². The quantitative estimate of drug-likeness (QED) is 0.463. The average molecular weight is 149 g/mol. The lowest BCUT2D eigenvalue weighted by atomic mass is 10.3. The largest absolute Gasteiger partial charge is 0.303 e. The molecule has 0 unspecified atom stereocenters. The molecule has 58 valence electrons. The second-order valence-electron chi connectivity index (χ2n) is 2.38. The number of hydrazone groups is 1. The van der Waals surface area contributed by atoms with Gasteiger partial charge in [0, 0.05) is 32.1 Å². The van der Waals surface area contributed by atoms with Gasteiger partial charge in [0.25, 0.3) is 0 Å². The fourth-order valence-electron chi connectivity index (χ4n) is 0.634. The normalized spacial score (nSPS) is 10.4. The first-order valence-electron chi connectivity index (χ1n) is 3.40. The molecule has 1 aromatic heterocycles. The number of rotatable bonds is 2. The van der Waals surface area contributed by atoms with E-state index in [1.807, 2.05) is 26.2 Å². The Morgan fingerprint density at radius 1 is 1.55 bits per heavy atom. The molecule has 0 aliphatic carbocycles. The number of nitrogens with zero attached hydrogens (tertiary/aromatic N) is 3. The highest BCUT2D eigenvalue weighted by atomic mass is 15.4. The van der Waals surface area contributed by atoms with Gasteiger partial charge in [0.05, 0.1) is 6.21 Å². The summed E-state index contributed by atoms with van der Waals surface area (Å²) in [6, 6.07) is 3.84. The van der Waals surface area contributed by atoms with Crippen molar-refractivity contribution < 1.29 is 0 Å². The maximum Gasteiger partial charge on any atom is 0.0558 e. The zero-order valence-electron chi connectivity index (χ0n) is 6.73. The molecule has 0 atom stereocenters. The maximum atomic E-state index is 4.06. The third-order valence-corrected chi connectivity index (χ3v) is 1.12. The monoisotopic (exact) mass is 149 g/mol. The van der Waals surface area contributed by atoms with Gasteiger partial charge in [-0.1, -0.05) is 6.07 Å². The maximum absolute atomic E-state index is 4.06. The molecule has 0 saturated heterocycles. The highest BCUT2D eigenvalue weighted by molar-refractivity contribution is 5.78. The van der Waals surface area contributed by atoms with Crippen LogP contribution in [-0.4, -0.2) is 30.3 Å². The summed E-state index contributed by atoms with van der Waals surface area (Å²) in [5.74, 6) is 0. The Kier molecular flexibility index (Phi) is 2.60. The van der Waals surface area contributed by atoms with E-state index in [9.17, 15) is 0 Å². The molecule has 0 aliphatic heterocycles. The van der Waals surface area contributed by atoms with Gasteiger partial charge in [0.2, 0.25) is 0 Å². The summed E-state index contributed by atoms with van der Waals surface area (Å²) in [5, 5.41) is 5.81. The standard InChI is InChI=1S/C8H11N3/c1-11(2)10-7-8-4-3-5-9-6-8/h3-7H,1-2H3/b10-7-. The minimum absolute atomic E-state index is 1.02. The lowest BCUT2D eigenvalue weighted by molar-refractivity contribution is 0.440. The van der Waals surface area contributed by atoms with Gasteiger partial charge in [0.15, 0.2) is 0 Å². The van der Waals surface area contributed by atoms with E-state index in [4.69, 9.17) is 0 Å². The van der Waals surface area contributed by atoms with Crippen molar-refractivity contribution >= 4 is 6.21 Å². The molecule has 1 aromatic rings. The van der Waals surface area contributed by atoms with E-state index < -0.39 is 0 Å². The van der Waals surface area contributed by atoms with Crippen molar-refractivity contribution in [3.8, 4) is 0 Å². The van der Waals surface area contributed by atoms with E-state index in [0.29, 0.717) is 0 Å². The molecular formula is C8H11N3. The Labute approximate surface area is 66.4 Å². The third kappa shape index (κ3) is 2.80. The summed E-state index contributed by atoms with van der Waals surface area (Å²) in [7, 11) is 3.76. The molecule has 0 bridgehead atoms. The van der Waals surface area contributed by atoms with E-state index >= 15 is 0 Å². The van der Waals surface area contributed by atoms with Crippen LogP contribution in [0.25, 0.3) is 0 Å². The highest BCUT2D eigenvalue weighted by Crippen LogP contribution is 1.90. The van der Waals surface area contributed by atoms with E-state index in [2.05, 4.69) is 10.1 Å². The Morgan fingerprint density at radius 2 is 2.36 bits per heavy atom. The summed E-state index contributed by atoms with van der Waals surface area (Å²) >= 11 is 0. The lowest BCUT2D eigenvalue weighted by Crippen LogP contribution is -2.01. The topological polar surface area (TPSA) is 28.5 Å². The molecule has 0 amide bonds. The van der Waals surface area contributed by atoms with Crippen LogP contribution in [0.5, 0.6) is 0 Å². The number of hydrogen-bond acceptors (Lipinski definition) is 3. The first-order chi connectivity index (χ1) is 5.29. The van der Waals surface area contributed by atoms with Crippen LogP contribution in [0.1, 0.15) is 5.56 Å². The summed E-state index contributed by atoms with van der Waals surface area (Å²) in [4.78, 5) is 3.95. The van der Waals surface area contributed by atoms with Gasteiger partial charge in [-0.2, -0.15) is 5.10 Å². The Morgan fingerprint density at radius 3 is 2.91 bits per heavy atom. The molecule has 0 fully saturated rings. The van der Waals surface area contributed by atoms with Gasteiger partial charge in [-0.15, -0.1) is 0 Å². The summed E-state index contributed by atoms with van der Waals surface area (Å²) < 4.78 is 0. The molecular weight excluding hydrogens is 138 g/mol. The minimum Gasteiger partial charge on any atom is -0.303 e. The van der Waals surface area contributed by atoms with Crippen LogP contribution in [0.15, 0.2) is 29.6 Å². The predicted molar refractivity (Wildman–Crippen MR) is 45.5 cm³/mol. The van der Waals surface area contributed by atoms with Crippen LogP contribution >= 0.6 is 0 Å². The fraction of sp³-hybridized carbons (Fsp3) is 0.250. The predicted octanol–water partition coefficient (Wildman–Crippen LogP) is 0.977. The van der Waals surface area contributed by atoms with Crippen LogP contribution in [-0.2, 0) is 0 Å². The molecule has 1 rings (SSSR count). The smallest absolute Gasteiger partial charge is 0.0558 e. The van der Waals surface area contributed by atoms with Crippen molar-refractivity contribution in [2.24, 2.45) is 5.10 Å². The van der Waals surface area contributed by atoms with Crippen molar-refractivity contribution in [2.45, 2.75) is 0 Å². The molecule has 0 radical (unpaired) electrons. The van der Waals surface area contributed by atoms with Gasteiger partial charge in [-0.05, 0) is 6.07 Å². The molecule has 0 spiro atoms. The zero-order chi connectivity index (χ0) is 8.10. The van der Waals surface area contributed by atoms with Crippen molar-refractivity contribution in [2.75, 3.05) is 14.1 Å². The van der Waals surface area contributed by atoms with Crippen molar-refractivity contribution in [1.82, 2.24) is 9.99 Å². The van der Waals surface area contributed by atoms with Gasteiger partial charge < -0.3 is 5.01 Å². The molecule has 11 heavy (non-hydrogen) atoms. The summed E-state index contributed by atoms with van der Waals surface area (Å²) in [6.45, 7) is 0. The Balaban J connectivity index is 2.65. The summed E-state index contributed by atoms with van der Waals surface area (Å²) in [6.07, 6.45) is 5.28. The van der Waals surface area contributed by atoms with Gasteiger partial charge in [-0.25, -0.2) is 0 Å². The molecule has 3 heteroatoms. The SMILES string of the molecule is CN(C)/N=C\c1cccnc1. The van der Waals surface area contributed by atoms with Crippen LogP contribution < -0.4 is 0 Å². The van der Waals surface area contributed by atoms with Crippen molar-refractivity contribution in [3.63, 3.8) is 0 Å². The summed E-state index contributed by atoms with van der Waals surface area (Å²) in [5.41, 5.74) is 1.02. The molecule has 1 heterocycles. The first kappa shape index (κ1) is 7.72. The second kappa shape index (κ2) is 3.71. The molecule has 0 aliphatic rings. The lowest BCUT2D eigenvalue weighted by Gasteiger charge is -2.01. The van der Waals surface area contributed by atoms with Gasteiger partial charge >= 0.3 is 0 Å². The minimum atomic E-state index is 1.02. The average Bonchev–Trinajstić information content (AvgIpc) is 2.03. The Hall–Kier alpha value is -1.38. The van der Waals surface area contributed by atoms with E-state index in [-0.39, 0.29) is 0 Å². The molecule has 0 saturated carbocycles. The molecule has 0 aromatic carbocycles. The van der Waals surface area contributed by atoms with E-state index in [1.54, 1.807) is 23.6 Å². The van der Waals surface area contributed by atoms with E-state index in [0.717, 1.165) is 5.56 Å². The fourth-order valence-corrected chi connectivity index (χ4v) is 0.634. The highest BCUT2D eigenvalue weighted by Gasteiger charge is 1.83. The van der Waals surface area contributed by atoms with Crippen LogP contribution in [0.2, 0.25) is 0 Å². The second-order valence-corrected chi connectivity index (χ2v) is 2.38. The Bertz CT molecular complexity index is 228.